The number of ether oxygens (including phenoxy) is 1. The van der Waals surface area contributed by atoms with Gasteiger partial charge in [0.25, 0.3) is 0 Å². The molecule has 0 rings (SSSR count). The molecule has 0 aliphatic carbocycles. The van der Waals surface area contributed by atoms with E-state index in [4.69, 9.17) is 4.74 Å². The van der Waals surface area contributed by atoms with Gasteiger partial charge in [0.05, 0.1) is 6.61 Å². The van der Waals surface area contributed by atoms with Crippen LogP contribution in [0.5, 0.6) is 0 Å². The zero-order chi connectivity index (χ0) is 40.8. The van der Waals surface area contributed by atoms with Gasteiger partial charge in [-0.3, -0.25) is 4.79 Å². The molecule has 0 aromatic rings. The van der Waals surface area contributed by atoms with Crippen LogP contribution in [0, 0.1) is 0 Å². The van der Waals surface area contributed by atoms with Crippen LogP contribution in [0.15, 0.2) is 12.2 Å². The summed E-state index contributed by atoms with van der Waals surface area (Å²) >= 11 is 0. The van der Waals surface area contributed by atoms with Crippen molar-refractivity contribution in [1.82, 2.24) is 0 Å². The SMILES string of the molecule is C=C(C)CCOC(=O)CCCCCCCCCCC(F)(F)C(F)(F)C(F)(F)C(F)(F)C(F)(F)C(F)(F)C(F)(F)C(F)(F)CO[Si](C)(C)C(C)(C)C. The van der Waals surface area contributed by atoms with Gasteiger partial charge in [0.1, 0.15) is 6.61 Å². The topological polar surface area (TPSA) is 35.5 Å². The molecule has 3 nitrogen and oxygen atoms in total. The van der Waals surface area contributed by atoms with Gasteiger partial charge < -0.3 is 9.16 Å². The fourth-order valence-electron chi connectivity index (χ4n) is 4.07. The summed E-state index contributed by atoms with van der Waals surface area (Å²) in [5.74, 6) is -61.7. The molecular weight excluding hydrogens is 752 g/mol. The van der Waals surface area contributed by atoms with Gasteiger partial charge in [0.2, 0.25) is 0 Å². The summed E-state index contributed by atoms with van der Waals surface area (Å²) in [6.07, 6.45) is -0.944. The molecule has 20 heteroatoms. The van der Waals surface area contributed by atoms with Gasteiger partial charge in [0.15, 0.2) is 8.32 Å². The fraction of sp³-hybridized carbons (Fsp3) is 0.903. The smallest absolute Gasteiger partial charge is 0.385 e. The number of hydrogen-bond acceptors (Lipinski definition) is 3. The van der Waals surface area contributed by atoms with E-state index in [9.17, 15) is 75.0 Å². The highest BCUT2D eigenvalue weighted by Crippen LogP contribution is 2.64. The molecule has 0 spiro atoms. The molecule has 0 unspecified atom stereocenters. The highest BCUT2D eigenvalue weighted by molar-refractivity contribution is 6.74. The Morgan fingerprint density at radius 2 is 0.902 bits per heavy atom. The zero-order valence-electron chi connectivity index (χ0n) is 29.2. The van der Waals surface area contributed by atoms with Crippen molar-refractivity contribution in [3.8, 4) is 0 Å². The van der Waals surface area contributed by atoms with Crippen LogP contribution in [0.4, 0.5) is 70.2 Å². The lowest BCUT2D eigenvalue weighted by atomic mass is 9.86. The van der Waals surface area contributed by atoms with E-state index >= 15 is 0 Å². The third-order valence-corrected chi connectivity index (χ3v) is 13.2. The quantitative estimate of drug-likeness (QED) is 0.0321. The van der Waals surface area contributed by atoms with E-state index in [2.05, 4.69) is 11.0 Å². The van der Waals surface area contributed by atoms with Crippen LogP contribution in [0.3, 0.4) is 0 Å². The summed E-state index contributed by atoms with van der Waals surface area (Å²) in [5, 5.41) is -1.08. The van der Waals surface area contributed by atoms with Gasteiger partial charge in [-0.25, -0.2) is 0 Å². The molecule has 0 heterocycles. The molecule has 304 valence electrons. The fourth-order valence-corrected chi connectivity index (χ4v) is 5.05. The van der Waals surface area contributed by atoms with Gasteiger partial charge in [-0.05, 0) is 37.9 Å². The van der Waals surface area contributed by atoms with Crippen molar-refractivity contribution in [2.45, 2.75) is 164 Å². The first-order valence-electron chi connectivity index (χ1n) is 16.0. The van der Waals surface area contributed by atoms with Crippen molar-refractivity contribution in [3.05, 3.63) is 12.2 Å². The van der Waals surface area contributed by atoms with Crippen LogP contribution in [-0.2, 0) is 14.0 Å². The number of carbonyl (C=O) groups is 1. The molecule has 0 fully saturated rings. The summed E-state index contributed by atoms with van der Waals surface area (Å²) in [5.41, 5.74) is 0.823. The standard InChI is InChI=1S/C31H46F16O3Si/c1-21(2)17-19-49-22(48)16-14-12-10-8-9-11-13-15-18-24(32,33)26(36,37)28(40,41)30(44,45)31(46,47)29(42,43)27(38,39)25(34,35)20-50-51(6,7)23(3,4)5/h1,8-20H2,2-7H3. The Hall–Kier alpha value is -1.73. The highest BCUT2D eigenvalue weighted by atomic mass is 28.4. The Labute approximate surface area is 288 Å². The normalized spacial score (nSPS) is 14.9. The lowest BCUT2D eigenvalue weighted by Crippen LogP contribution is -2.75. The number of esters is 1. The average Bonchev–Trinajstić information content (AvgIpc) is 2.95. The van der Waals surface area contributed by atoms with Crippen LogP contribution in [0.1, 0.15) is 98.3 Å². The van der Waals surface area contributed by atoms with Crippen LogP contribution < -0.4 is 0 Å². The Morgan fingerprint density at radius 3 is 1.29 bits per heavy atom. The summed E-state index contributed by atoms with van der Waals surface area (Å²) < 4.78 is 238. The highest BCUT2D eigenvalue weighted by Gasteiger charge is 2.94. The van der Waals surface area contributed by atoms with Gasteiger partial charge in [-0.1, -0.05) is 64.9 Å². The second-order valence-electron chi connectivity index (χ2n) is 14.2. The third-order valence-electron chi connectivity index (χ3n) is 8.72. The van der Waals surface area contributed by atoms with Gasteiger partial charge in [-0.15, -0.1) is 6.58 Å². The summed E-state index contributed by atoms with van der Waals surface area (Å²) in [7, 11) is -3.56. The van der Waals surface area contributed by atoms with Crippen LogP contribution >= 0.6 is 0 Å². The summed E-state index contributed by atoms with van der Waals surface area (Å²) in [4.78, 5) is 11.6. The molecule has 0 bridgehead atoms. The van der Waals surface area contributed by atoms with Crippen molar-refractivity contribution in [3.63, 3.8) is 0 Å². The molecule has 0 aliphatic heterocycles. The van der Waals surface area contributed by atoms with Crippen molar-refractivity contribution in [2.75, 3.05) is 13.2 Å². The third kappa shape index (κ3) is 10.9. The van der Waals surface area contributed by atoms with E-state index in [1.165, 1.54) is 20.8 Å². The van der Waals surface area contributed by atoms with Crippen molar-refractivity contribution in [2.24, 2.45) is 0 Å². The summed E-state index contributed by atoms with van der Waals surface area (Å²) in [6.45, 7) is 8.97. The molecule has 0 saturated heterocycles. The van der Waals surface area contributed by atoms with Gasteiger partial charge in [0, 0.05) is 19.3 Å². The Balaban J connectivity index is 5.51. The Kier molecular flexibility index (Phi) is 16.6. The van der Waals surface area contributed by atoms with Crippen molar-refractivity contribution >= 4 is 14.3 Å². The number of hydrogen-bond donors (Lipinski definition) is 0. The monoisotopic (exact) mass is 798 g/mol. The molecule has 0 atom stereocenters. The lowest BCUT2D eigenvalue weighted by molar-refractivity contribution is -0.454. The molecule has 0 aromatic carbocycles. The van der Waals surface area contributed by atoms with Crippen LogP contribution in [-0.4, -0.2) is 74.9 Å². The molecule has 0 saturated carbocycles. The molecular formula is C31H46F16O3Si. The van der Waals surface area contributed by atoms with Gasteiger partial charge >= 0.3 is 53.3 Å². The molecule has 0 radical (unpaired) electrons. The predicted octanol–water partition coefficient (Wildman–Crippen LogP) is 12.5. The average molecular weight is 799 g/mol. The number of rotatable bonds is 24. The maximum Gasteiger partial charge on any atom is 0.385 e. The minimum absolute atomic E-state index is 0.0177. The molecule has 0 amide bonds. The van der Waals surface area contributed by atoms with Crippen LogP contribution in [0.2, 0.25) is 18.1 Å². The van der Waals surface area contributed by atoms with E-state index in [0.717, 1.165) is 18.7 Å². The maximum atomic E-state index is 14.3. The number of carbonyl (C=O) groups excluding carboxylic acids is 1. The largest absolute Gasteiger partial charge is 0.465 e. The Morgan fingerprint density at radius 1 is 0.549 bits per heavy atom. The Bertz CT molecular complexity index is 1130. The lowest BCUT2D eigenvalue weighted by Gasteiger charge is -2.44. The predicted molar refractivity (Wildman–Crippen MR) is 159 cm³/mol. The van der Waals surface area contributed by atoms with Gasteiger partial charge in [-0.2, -0.15) is 70.2 Å². The number of alkyl halides is 16. The summed E-state index contributed by atoms with van der Waals surface area (Å²) in [6, 6.07) is 0. The minimum Gasteiger partial charge on any atom is -0.465 e. The minimum atomic E-state index is -8.45. The number of unbranched alkanes of at least 4 members (excludes halogenated alkanes) is 7. The van der Waals surface area contributed by atoms with E-state index in [1.807, 2.05) is 0 Å². The second-order valence-corrected chi connectivity index (χ2v) is 19.0. The first-order valence-corrected chi connectivity index (χ1v) is 18.9. The molecule has 0 aliphatic rings. The second kappa shape index (κ2) is 17.2. The van der Waals surface area contributed by atoms with E-state index < -0.39 is 92.6 Å². The molecule has 0 aromatic heterocycles. The molecule has 0 N–H and O–H groups in total. The van der Waals surface area contributed by atoms with E-state index in [-0.39, 0.29) is 25.9 Å². The zero-order valence-corrected chi connectivity index (χ0v) is 30.2. The molecule has 51 heavy (non-hydrogen) atoms. The van der Waals surface area contributed by atoms with Crippen LogP contribution in [0.25, 0.3) is 0 Å². The first-order chi connectivity index (χ1) is 22.5. The maximum absolute atomic E-state index is 14.3. The first kappa shape index (κ1) is 49.3. The van der Waals surface area contributed by atoms with Crippen molar-refractivity contribution in [1.29, 1.82) is 0 Å². The van der Waals surface area contributed by atoms with E-state index in [0.29, 0.717) is 32.1 Å². The number of halogens is 16. The van der Waals surface area contributed by atoms with E-state index in [1.54, 1.807) is 6.92 Å². The van der Waals surface area contributed by atoms with Crippen molar-refractivity contribution < 1.29 is 84.2 Å².